The van der Waals surface area contributed by atoms with Crippen LogP contribution in [0.1, 0.15) is 45.7 Å². The summed E-state index contributed by atoms with van der Waals surface area (Å²) in [6, 6.07) is 2.42. The maximum atomic E-state index is 12.9. The molecule has 43 heavy (non-hydrogen) atoms. The summed E-state index contributed by atoms with van der Waals surface area (Å²) < 4.78 is 66.2. The van der Waals surface area contributed by atoms with Gasteiger partial charge < -0.3 is 40.2 Å². The zero-order valence-electron chi connectivity index (χ0n) is 24.2. The molecular formula is C27H37F4N5O6S. The van der Waals surface area contributed by atoms with Crippen LogP contribution in [0.4, 0.5) is 29.3 Å². The summed E-state index contributed by atoms with van der Waals surface area (Å²) in [5.41, 5.74) is 1.47. The number of aryl methyl sites for hydroxylation is 1. The third-order valence-electron chi connectivity index (χ3n) is 6.06. The Bertz CT molecular complexity index is 1270. The molecule has 1 fully saturated rings. The van der Waals surface area contributed by atoms with E-state index >= 15 is 0 Å². The number of rotatable bonds is 13. The number of hydrogen-bond acceptors (Lipinski definition) is 12. The Hall–Kier alpha value is -3.05. The fourth-order valence-electron chi connectivity index (χ4n) is 4.38. The van der Waals surface area contributed by atoms with Crippen molar-refractivity contribution in [1.29, 1.82) is 0 Å². The van der Waals surface area contributed by atoms with E-state index in [-0.39, 0.29) is 24.1 Å². The molecule has 0 saturated heterocycles. The van der Waals surface area contributed by atoms with Crippen LogP contribution in [0.15, 0.2) is 12.1 Å². The van der Waals surface area contributed by atoms with Gasteiger partial charge in [0.05, 0.1) is 28.1 Å². The van der Waals surface area contributed by atoms with Crippen molar-refractivity contribution < 1.29 is 47.1 Å². The number of ether oxygens (including phenoxy) is 3. The number of nitrogens with zero attached hydrogens (tertiary/aromatic N) is 3. The van der Waals surface area contributed by atoms with Crippen LogP contribution in [0.3, 0.4) is 0 Å². The van der Waals surface area contributed by atoms with Gasteiger partial charge >= 0.3 is 13.2 Å². The predicted molar refractivity (Wildman–Crippen MR) is 154 cm³/mol. The molecule has 16 heteroatoms. The molecule has 1 aromatic carbocycles. The zero-order valence-corrected chi connectivity index (χ0v) is 25.1. The van der Waals surface area contributed by atoms with E-state index in [0.29, 0.717) is 52.5 Å². The second kappa shape index (κ2) is 15.6. The third-order valence-corrected chi connectivity index (χ3v) is 7.10. The summed E-state index contributed by atoms with van der Waals surface area (Å²) in [6.45, 7) is 1.54. The van der Waals surface area contributed by atoms with Crippen molar-refractivity contribution in [2.45, 2.75) is 72.0 Å². The van der Waals surface area contributed by atoms with Crippen molar-refractivity contribution in [3.05, 3.63) is 17.8 Å². The smallest absolute Gasteiger partial charge is 0.387 e. The summed E-state index contributed by atoms with van der Waals surface area (Å²) in [7, 11) is 0. The molecule has 0 spiro atoms. The topological polar surface area (TPSA) is 151 Å². The molecule has 0 amide bonds. The van der Waals surface area contributed by atoms with Crippen molar-refractivity contribution in [3.63, 3.8) is 0 Å². The molecule has 5 N–H and O–H groups in total. The minimum absolute atomic E-state index is 0.0722. The van der Waals surface area contributed by atoms with Crippen LogP contribution in [0.5, 0.6) is 11.5 Å². The van der Waals surface area contributed by atoms with Crippen LogP contribution in [0.2, 0.25) is 0 Å². The normalized spacial score (nSPS) is 16.9. The van der Waals surface area contributed by atoms with Gasteiger partial charge in [-0.2, -0.15) is 22.5 Å². The SMILES string of the molecule is CC(C)(O)O.CCOCCNc1nc(C)c(-c2nc3cc(OC(F)F)c(OC(F)F)cc3s2)c(NC2CCC(CO)C2)n1. The van der Waals surface area contributed by atoms with Crippen LogP contribution in [-0.4, -0.2) is 81.7 Å². The highest BCUT2D eigenvalue weighted by molar-refractivity contribution is 7.21. The lowest BCUT2D eigenvalue weighted by atomic mass is 10.1. The minimum Gasteiger partial charge on any atom is -0.431 e. The molecule has 2 atom stereocenters. The van der Waals surface area contributed by atoms with E-state index in [9.17, 15) is 22.7 Å². The Morgan fingerprint density at radius 2 is 1.70 bits per heavy atom. The molecule has 4 rings (SSSR count). The van der Waals surface area contributed by atoms with E-state index in [0.717, 1.165) is 36.7 Å². The molecule has 3 aromatic rings. The molecule has 2 unspecified atom stereocenters. The number of thiazole rings is 1. The first-order valence-corrected chi connectivity index (χ1v) is 14.5. The number of halogens is 4. The largest absolute Gasteiger partial charge is 0.431 e. The number of anilines is 2. The second-order valence-electron chi connectivity index (χ2n) is 10.2. The van der Waals surface area contributed by atoms with Gasteiger partial charge in [-0.3, -0.25) is 0 Å². The van der Waals surface area contributed by atoms with Crippen molar-refractivity contribution in [1.82, 2.24) is 15.0 Å². The van der Waals surface area contributed by atoms with Gasteiger partial charge in [0.2, 0.25) is 5.95 Å². The van der Waals surface area contributed by atoms with Gasteiger partial charge in [-0.15, -0.1) is 11.3 Å². The molecule has 11 nitrogen and oxygen atoms in total. The zero-order chi connectivity index (χ0) is 31.7. The summed E-state index contributed by atoms with van der Waals surface area (Å²) >= 11 is 1.16. The molecule has 240 valence electrons. The third kappa shape index (κ3) is 10.9. The van der Waals surface area contributed by atoms with Crippen LogP contribution in [0, 0.1) is 12.8 Å². The van der Waals surface area contributed by atoms with Gasteiger partial charge in [0.15, 0.2) is 17.3 Å². The van der Waals surface area contributed by atoms with E-state index in [2.05, 4.69) is 35.1 Å². The average Bonchev–Trinajstić information content (AvgIpc) is 3.51. The molecule has 1 saturated carbocycles. The molecule has 1 aliphatic carbocycles. The maximum Gasteiger partial charge on any atom is 0.387 e. The number of hydrogen-bond donors (Lipinski definition) is 5. The van der Waals surface area contributed by atoms with Crippen molar-refractivity contribution >= 4 is 33.3 Å². The molecule has 1 aliphatic rings. The fourth-order valence-corrected chi connectivity index (χ4v) is 5.45. The summed E-state index contributed by atoms with van der Waals surface area (Å²) in [6.07, 6.45) is 2.51. The maximum absolute atomic E-state index is 12.9. The molecule has 2 aromatic heterocycles. The number of nitrogens with one attached hydrogen (secondary N) is 2. The lowest BCUT2D eigenvalue weighted by Gasteiger charge is -2.18. The molecule has 0 radical (unpaired) electrons. The van der Waals surface area contributed by atoms with Crippen LogP contribution < -0.4 is 20.1 Å². The number of aromatic nitrogens is 3. The number of fused-ring (bicyclic) bond motifs is 1. The average molecular weight is 636 g/mol. The molecular weight excluding hydrogens is 598 g/mol. The molecule has 2 heterocycles. The highest BCUT2D eigenvalue weighted by Gasteiger charge is 2.27. The first kappa shape index (κ1) is 34.4. The number of aliphatic hydroxyl groups excluding tert-OH is 1. The van der Waals surface area contributed by atoms with Crippen molar-refractivity contribution in [2.75, 3.05) is 37.0 Å². The number of benzene rings is 1. The monoisotopic (exact) mass is 635 g/mol. The molecule has 0 aliphatic heterocycles. The predicted octanol–water partition coefficient (Wildman–Crippen LogP) is 4.99. The Balaban J connectivity index is 0.000000934. The molecule has 0 bridgehead atoms. The van der Waals surface area contributed by atoms with Gasteiger partial charge in [-0.1, -0.05) is 0 Å². The standard InChI is InChI=1S/C24H29F4N5O4S.C3H8O2/c1-3-35-7-6-29-24-30-12(2)19(20(33-24)31-14-5-4-13(8-14)11-34)21-32-15-9-16(36-22(25)26)17(37-23(27)28)10-18(15)38-21;1-3(2,4)5/h9-10,13-14,22-23,34H,3-8,11H2,1-2H3,(H2,29,30,31,33);4-5H,1-2H3. The minimum atomic E-state index is -3.23. The van der Waals surface area contributed by atoms with E-state index < -0.39 is 30.5 Å². The summed E-state index contributed by atoms with van der Waals surface area (Å²) in [5, 5.41) is 32.8. The van der Waals surface area contributed by atoms with Crippen LogP contribution in [0.25, 0.3) is 20.8 Å². The Morgan fingerprint density at radius 3 is 2.28 bits per heavy atom. The number of aliphatic hydroxyl groups is 3. The quantitative estimate of drug-likeness (QED) is 0.0982. The van der Waals surface area contributed by atoms with E-state index in [4.69, 9.17) is 14.9 Å². The van der Waals surface area contributed by atoms with Crippen LogP contribution in [-0.2, 0) is 4.74 Å². The van der Waals surface area contributed by atoms with Crippen molar-refractivity contribution in [2.24, 2.45) is 5.92 Å². The Labute approximate surface area is 250 Å². The van der Waals surface area contributed by atoms with Gasteiger partial charge in [0.1, 0.15) is 10.8 Å². The van der Waals surface area contributed by atoms with E-state index in [1.807, 2.05) is 6.92 Å². The first-order valence-electron chi connectivity index (χ1n) is 13.6. The summed E-state index contributed by atoms with van der Waals surface area (Å²) in [5.74, 6) is -1.43. The second-order valence-corrected chi connectivity index (χ2v) is 11.3. The van der Waals surface area contributed by atoms with Gasteiger partial charge in [-0.25, -0.2) is 9.97 Å². The fraction of sp³-hybridized carbons (Fsp3) is 0.593. The highest BCUT2D eigenvalue weighted by atomic mass is 32.1. The van der Waals surface area contributed by atoms with E-state index in [1.54, 1.807) is 6.92 Å². The highest BCUT2D eigenvalue weighted by Crippen LogP contribution is 2.42. The van der Waals surface area contributed by atoms with Gasteiger partial charge in [0, 0.05) is 37.9 Å². The van der Waals surface area contributed by atoms with Gasteiger partial charge in [0.25, 0.3) is 0 Å². The van der Waals surface area contributed by atoms with Crippen LogP contribution >= 0.6 is 11.3 Å². The lowest BCUT2D eigenvalue weighted by Crippen LogP contribution is -2.20. The summed E-state index contributed by atoms with van der Waals surface area (Å²) in [4.78, 5) is 13.8. The van der Waals surface area contributed by atoms with E-state index in [1.165, 1.54) is 19.9 Å². The number of alkyl halides is 4. The Kier molecular flexibility index (Phi) is 12.5. The lowest BCUT2D eigenvalue weighted by molar-refractivity contribution is -0.127. The van der Waals surface area contributed by atoms with Gasteiger partial charge in [-0.05, 0) is 52.9 Å². The van der Waals surface area contributed by atoms with Crippen molar-refractivity contribution in [3.8, 4) is 22.1 Å². The first-order chi connectivity index (χ1) is 20.3. The Morgan fingerprint density at radius 1 is 1.05 bits per heavy atom.